The van der Waals surface area contributed by atoms with Crippen LogP contribution in [0.1, 0.15) is 18.4 Å². The van der Waals surface area contributed by atoms with Gasteiger partial charge in [0, 0.05) is 18.8 Å². The van der Waals surface area contributed by atoms with E-state index in [4.69, 9.17) is 0 Å². The van der Waals surface area contributed by atoms with Gasteiger partial charge in [-0.2, -0.15) is 0 Å². The summed E-state index contributed by atoms with van der Waals surface area (Å²) in [7, 11) is 1.91. The normalized spacial score (nSPS) is 9.93. The number of carbonyl (C=O) groups is 1. The highest BCUT2D eigenvalue weighted by atomic mass is 16.1. The van der Waals surface area contributed by atoms with Crippen LogP contribution in [0.3, 0.4) is 0 Å². The van der Waals surface area contributed by atoms with Crippen LogP contribution in [-0.4, -0.2) is 15.5 Å². The summed E-state index contributed by atoms with van der Waals surface area (Å²) in [5.41, 5.74) is 1.46. The molecule has 0 aliphatic carbocycles. The van der Waals surface area contributed by atoms with E-state index in [0.29, 0.717) is 12.1 Å². The zero-order chi connectivity index (χ0) is 10.7. The first kappa shape index (κ1) is 10.5. The monoisotopic (exact) mass is 193 g/mol. The first-order valence-corrected chi connectivity index (χ1v) is 4.43. The highest BCUT2D eigenvalue weighted by molar-refractivity contribution is 5.91. The molecular weight excluding hydrogens is 178 g/mol. The second-order valence-corrected chi connectivity index (χ2v) is 3.37. The molecule has 0 bridgehead atoms. The van der Waals surface area contributed by atoms with Gasteiger partial charge < -0.3 is 9.88 Å². The maximum absolute atomic E-state index is 11.2. The van der Waals surface area contributed by atoms with Crippen molar-refractivity contribution < 1.29 is 4.79 Å². The maximum Gasteiger partial charge on any atom is 0.246 e. The number of hydrogen-bond acceptors (Lipinski definition) is 2. The molecule has 0 spiro atoms. The van der Waals surface area contributed by atoms with E-state index in [9.17, 15) is 4.79 Å². The fourth-order valence-corrected chi connectivity index (χ4v) is 1.14. The molecule has 4 nitrogen and oxygen atoms in total. The third-order valence-corrected chi connectivity index (χ3v) is 1.89. The highest BCUT2D eigenvalue weighted by Gasteiger charge is 2.05. The molecule has 1 amide bonds. The van der Waals surface area contributed by atoms with Gasteiger partial charge in [-0.25, -0.2) is 4.98 Å². The molecule has 1 aromatic rings. The van der Waals surface area contributed by atoms with Gasteiger partial charge in [0.2, 0.25) is 5.91 Å². The van der Waals surface area contributed by atoms with Gasteiger partial charge in [-0.3, -0.25) is 4.79 Å². The molecule has 0 saturated carbocycles. The summed E-state index contributed by atoms with van der Waals surface area (Å²) in [6, 6.07) is 0. The molecule has 1 rings (SSSR count). The zero-order valence-electron chi connectivity index (χ0n) is 8.79. The molecule has 76 valence electrons. The number of aromatic nitrogens is 2. The summed E-state index contributed by atoms with van der Waals surface area (Å²) in [4.78, 5) is 15.4. The van der Waals surface area contributed by atoms with Crippen molar-refractivity contribution in [2.45, 2.75) is 20.4 Å². The lowest BCUT2D eigenvalue weighted by Gasteiger charge is -2.03. The number of amides is 1. The van der Waals surface area contributed by atoms with Crippen LogP contribution in [0.2, 0.25) is 0 Å². The van der Waals surface area contributed by atoms with Crippen LogP contribution < -0.4 is 5.32 Å². The van der Waals surface area contributed by atoms with Gasteiger partial charge >= 0.3 is 0 Å². The van der Waals surface area contributed by atoms with Gasteiger partial charge in [0.1, 0.15) is 5.82 Å². The summed E-state index contributed by atoms with van der Waals surface area (Å²) in [5, 5.41) is 2.73. The third kappa shape index (κ3) is 2.45. The van der Waals surface area contributed by atoms with Crippen molar-refractivity contribution in [1.82, 2.24) is 14.9 Å². The van der Waals surface area contributed by atoms with Gasteiger partial charge in [0.25, 0.3) is 0 Å². The van der Waals surface area contributed by atoms with Crippen molar-refractivity contribution in [2.75, 3.05) is 0 Å². The van der Waals surface area contributed by atoms with E-state index in [1.807, 2.05) is 24.7 Å². The lowest BCUT2D eigenvalue weighted by atomic mass is 10.3. The molecule has 0 aliphatic heterocycles. The predicted octanol–water partition coefficient (Wildman–Crippen LogP) is 0.921. The van der Waals surface area contributed by atoms with Crippen molar-refractivity contribution >= 4 is 5.91 Å². The SMILES string of the molecule is C=C(C)C(=O)NCc1nc(C)cn1C. The number of carbonyl (C=O) groups excluding carboxylic acids is 1. The van der Waals surface area contributed by atoms with Gasteiger partial charge in [0.15, 0.2) is 0 Å². The average molecular weight is 193 g/mol. The van der Waals surface area contributed by atoms with E-state index in [1.54, 1.807) is 6.92 Å². The molecule has 1 N–H and O–H groups in total. The second-order valence-electron chi connectivity index (χ2n) is 3.37. The maximum atomic E-state index is 11.2. The van der Waals surface area contributed by atoms with Gasteiger partial charge in [0.05, 0.1) is 12.2 Å². The van der Waals surface area contributed by atoms with E-state index in [0.717, 1.165) is 11.5 Å². The van der Waals surface area contributed by atoms with Crippen molar-refractivity contribution in [3.05, 3.63) is 29.9 Å². The molecule has 4 heteroatoms. The minimum Gasteiger partial charge on any atom is -0.345 e. The fraction of sp³-hybridized carbons (Fsp3) is 0.400. The lowest BCUT2D eigenvalue weighted by Crippen LogP contribution is -2.24. The van der Waals surface area contributed by atoms with Gasteiger partial charge in [-0.1, -0.05) is 6.58 Å². The summed E-state index contributed by atoms with van der Waals surface area (Å²) in [6.07, 6.45) is 1.92. The fourth-order valence-electron chi connectivity index (χ4n) is 1.14. The van der Waals surface area contributed by atoms with Crippen LogP contribution in [0.25, 0.3) is 0 Å². The van der Waals surface area contributed by atoms with E-state index in [-0.39, 0.29) is 5.91 Å². The molecule has 0 fully saturated rings. The Morgan fingerprint density at radius 1 is 1.71 bits per heavy atom. The Bertz CT molecular complexity index is 365. The Morgan fingerprint density at radius 3 is 2.79 bits per heavy atom. The molecular formula is C10H15N3O. The number of imidazole rings is 1. The molecule has 0 aromatic carbocycles. The largest absolute Gasteiger partial charge is 0.345 e. The van der Waals surface area contributed by atoms with E-state index in [2.05, 4.69) is 16.9 Å². The van der Waals surface area contributed by atoms with Crippen molar-refractivity contribution in [3.63, 3.8) is 0 Å². The van der Waals surface area contributed by atoms with Gasteiger partial charge in [-0.15, -0.1) is 0 Å². The number of rotatable bonds is 3. The van der Waals surface area contributed by atoms with Crippen LogP contribution in [0.5, 0.6) is 0 Å². The highest BCUT2D eigenvalue weighted by Crippen LogP contribution is 1.99. The zero-order valence-corrected chi connectivity index (χ0v) is 8.79. The van der Waals surface area contributed by atoms with Gasteiger partial charge in [-0.05, 0) is 13.8 Å². The predicted molar refractivity (Wildman–Crippen MR) is 54.6 cm³/mol. The van der Waals surface area contributed by atoms with Crippen LogP contribution in [0.15, 0.2) is 18.3 Å². The van der Waals surface area contributed by atoms with E-state index >= 15 is 0 Å². The standard InChI is InChI=1S/C10H15N3O/c1-7(2)10(14)11-5-9-12-8(3)6-13(9)4/h6H,1,5H2,2-4H3,(H,11,14). The molecule has 0 atom stereocenters. The minimum atomic E-state index is -0.134. The summed E-state index contributed by atoms with van der Waals surface area (Å²) < 4.78 is 1.90. The minimum absolute atomic E-state index is 0.134. The Balaban J connectivity index is 2.58. The first-order valence-electron chi connectivity index (χ1n) is 4.43. The Labute approximate surface area is 83.6 Å². The van der Waals surface area contributed by atoms with E-state index in [1.165, 1.54) is 0 Å². The van der Waals surface area contributed by atoms with Crippen LogP contribution in [0.4, 0.5) is 0 Å². The Morgan fingerprint density at radius 2 is 2.36 bits per heavy atom. The average Bonchev–Trinajstić information content (AvgIpc) is 2.40. The first-order chi connectivity index (χ1) is 6.50. The molecule has 0 radical (unpaired) electrons. The molecule has 0 aliphatic rings. The summed E-state index contributed by atoms with van der Waals surface area (Å²) in [5.74, 6) is 0.711. The molecule has 1 aromatic heterocycles. The van der Waals surface area contributed by atoms with Crippen LogP contribution >= 0.6 is 0 Å². The number of hydrogen-bond donors (Lipinski definition) is 1. The molecule has 0 unspecified atom stereocenters. The topological polar surface area (TPSA) is 46.9 Å². The van der Waals surface area contributed by atoms with Crippen molar-refractivity contribution in [2.24, 2.45) is 7.05 Å². The Hall–Kier alpha value is -1.58. The third-order valence-electron chi connectivity index (χ3n) is 1.89. The number of nitrogens with one attached hydrogen (secondary N) is 1. The van der Waals surface area contributed by atoms with Crippen LogP contribution in [-0.2, 0) is 18.4 Å². The van der Waals surface area contributed by atoms with E-state index < -0.39 is 0 Å². The molecule has 0 saturated heterocycles. The van der Waals surface area contributed by atoms with Crippen molar-refractivity contribution in [3.8, 4) is 0 Å². The number of nitrogens with zero attached hydrogens (tertiary/aromatic N) is 2. The molecule has 1 heterocycles. The summed E-state index contributed by atoms with van der Waals surface area (Å²) in [6.45, 7) is 7.60. The Kier molecular flexibility index (Phi) is 3.06. The smallest absolute Gasteiger partial charge is 0.246 e. The number of aryl methyl sites for hydroxylation is 2. The second kappa shape index (κ2) is 4.09. The van der Waals surface area contributed by atoms with Crippen molar-refractivity contribution in [1.29, 1.82) is 0 Å². The lowest BCUT2D eigenvalue weighted by molar-refractivity contribution is -0.117. The summed E-state index contributed by atoms with van der Waals surface area (Å²) >= 11 is 0. The molecule has 14 heavy (non-hydrogen) atoms. The van der Waals surface area contributed by atoms with Crippen LogP contribution in [0, 0.1) is 6.92 Å². The quantitative estimate of drug-likeness (QED) is 0.726.